The molecule has 0 amide bonds. The molecule has 0 bridgehead atoms. The van der Waals surface area contributed by atoms with Crippen molar-refractivity contribution >= 4 is 0 Å². The molecule has 68 valence electrons. The number of aromatic nitrogens is 1. The fourth-order valence-corrected chi connectivity index (χ4v) is 1.32. The van der Waals surface area contributed by atoms with Crippen LogP contribution in [0.2, 0.25) is 0 Å². The lowest BCUT2D eigenvalue weighted by Crippen LogP contribution is -2.14. The molecule has 0 aliphatic heterocycles. The molecule has 12 heavy (non-hydrogen) atoms. The molecular formula is C9H16N2O. The second-order valence-corrected chi connectivity index (χ2v) is 3.02. The zero-order valence-corrected chi connectivity index (χ0v) is 7.40. The second-order valence-electron chi connectivity index (χ2n) is 3.02. The summed E-state index contributed by atoms with van der Waals surface area (Å²) in [6.07, 6.45) is 3.59. The van der Waals surface area contributed by atoms with Gasteiger partial charge in [0.1, 0.15) is 0 Å². The van der Waals surface area contributed by atoms with Gasteiger partial charge in [-0.2, -0.15) is 0 Å². The molecule has 0 unspecified atom stereocenters. The first-order chi connectivity index (χ1) is 5.75. The summed E-state index contributed by atoms with van der Waals surface area (Å²) in [6.45, 7) is 0.220. The predicted octanol–water partition coefficient (Wildman–Crippen LogP) is 0.797. The highest BCUT2D eigenvalue weighted by Gasteiger charge is 2.07. The second kappa shape index (κ2) is 4.28. The number of hydrogen-bond donors (Lipinski definition) is 2. The normalized spacial score (nSPS) is 13.2. The topological polar surface area (TPSA) is 51.2 Å². The molecule has 0 aliphatic carbocycles. The standard InChI is InChI=1S/C9H16N2O/c1-11-6-2-5-9(11)8(10)4-3-7-12/h2,5-6,8,12H,3-4,7,10H2,1H3/t8-/m1/s1. The SMILES string of the molecule is Cn1cccc1[C@H](N)CCCO. The zero-order valence-electron chi connectivity index (χ0n) is 7.40. The first-order valence-corrected chi connectivity index (χ1v) is 4.23. The third-order valence-corrected chi connectivity index (χ3v) is 2.04. The molecule has 0 aliphatic rings. The van der Waals surface area contributed by atoms with Crippen LogP contribution in [0.4, 0.5) is 0 Å². The fraction of sp³-hybridized carbons (Fsp3) is 0.556. The summed E-state index contributed by atoms with van der Waals surface area (Å²) in [5.74, 6) is 0. The fourth-order valence-electron chi connectivity index (χ4n) is 1.32. The van der Waals surface area contributed by atoms with Crippen molar-refractivity contribution in [1.29, 1.82) is 0 Å². The van der Waals surface area contributed by atoms with Crippen molar-refractivity contribution in [2.75, 3.05) is 6.61 Å². The molecule has 3 nitrogen and oxygen atoms in total. The van der Waals surface area contributed by atoms with Crippen LogP contribution in [0.5, 0.6) is 0 Å². The van der Waals surface area contributed by atoms with Gasteiger partial charge in [-0.05, 0) is 25.0 Å². The highest BCUT2D eigenvalue weighted by molar-refractivity contribution is 5.10. The number of hydrogen-bond acceptors (Lipinski definition) is 2. The Morgan fingerprint density at radius 1 is 1.67 bits per heavy atom. The van der Waals surface area contributed by atoms with E-state index in [-0.39, 0.29) is 12.6 Å². The van der Waals surface area contributed by atoms with Crippen LogP contribution in [0, 0.1) is 0 Å². The molecule has 1 atom stereocenters. The average molecular weight is 168 g/mol. The van der Waals surface area contributed by atoms with Gasteiger partial charge in [-0.25, -0.2) is 0 Å². The Morgan fingerprint density at radius 2 is 2.42 bits per heavy atom. The Labute approximate surface area is 72.8 Å². The van der Waals surface area contributed by atoms with Crippen molar-refractivity contribution in [3.8, 4) is 0 Å². The van der Waals surface area contributed by atoms with Gasteiger partial charge >= 0.3 is 0 Å². The lowest BCUT2D eigenvalue weighted by atomic mass is 10.1. The van der Waals surface area contributed by atoms with Gasteiger partial charge in [0.15, 0.2) is 0 Å². The van der Waals surface area contributed by atoms with E-state index in [9.17, 15) is 0 Å². The predicted molar refractivity (Wildman–Crippen MR) is 48.7 cm³/mol. The summed E-state index contributed by atoms with van der Waals surface area (Å²) in [6, 6.07) is 4.05. The molecule has 1 aromatic heterocycles. The van der Waals surface area contributed by atoms with E-state index >= 15 is 0 Å². The Bertz CT molecular complexity index is 232. The third-order valence-electron chi connectivity index (χ3n) is 2.04. The van der Waals surface area contributed by atoms with Crippen molar-refractivity contribution < 1.29 is 5.11 Å². The van der Waals surface area contributed by atoms with Crippen LogP contribution in [0.25, 0.3) is 0 Å². The minimum atomic E-state index is 0.0529. The third kappa shape index (κ3) is 2.09. The largest absolute Gasteiger partial charge is 0.396 e. The van der Waals surface area contributed by atoms with Crippen LogP contribution in [0.1, 0.15) is 24.6 Å². The molecule has 3 N–H and O–H groups in total. The first-order valence-electron chi connectivity index (χ1n) is 4.23. The maximum atomic E-state index is 8.62. The van der Waals surface area contributed by atoms with Gasteiger partial charge < -0.3 is 15.4 Å². The Balaban J connectivity index is 2.52. The molecule has 0 saturated carbocycles. The first kappa shape index (κ1) is 9.29. The van der Waals surface area contributed by atoms with Crippen LogP contribution in [-0.2, 0) is 7.05 Å². The van der Waals surface area contributed by atoms with Gasteiger partial charge in [0.2, 0.25) is 0 Å². The molecule has 0 fully saturated rings. The Hall–Kier alpha value is -0.800. The van der Waals surface area contributed by atoms with Crippen molar-refractivity contribution in [2.45, 2.75) is 18.9 Å². The minimum absolute atomic E-state index is 0.0529. The summed E-state index contributed by atoms with van der Waals surface area (Å²) in [5.41, 5.74) is 7.02. The van der Waals surface area contributed by atoms with Gasteiger partial charge in [-0.15, -0.1) is 0 Å². The lowest BCUT2D eigenvalue weighted by molar-refractivity contribution is 0.279. The van der Waals surface area contributed by atoms with Crippen molar-refractivity contribution in [2.24, 2.45) is 12.8 Å². The quantitative estimate of drug-likeness (QED) is 0.698. The lowest BCUT2D eigenvalue weighted by Gasteiger charge is -2.11. The number of aryl methyl sites for hydroxylation is 1. The Kier molecular flexibility index (Phi) is 3.31. The van der Waals surface area contributed by atoms with E-state index in [1.807, 2.05) is 29.9 Å². The zero-order chi connectivity index (χ0) is 8.97. The maximum Gasteiger partial charge on any atom is 0.0450 e. The highest BCUT2D eigenvalue weighted by Crippen LogP contribution is 2.14. The van der Waals surface area contributed by atoms with Gasteiger partial charge in [-0.1, -0.05) is 0 Å². The summed E-state index contributed by atoms with van der Waals surface area (Å²) in [4.78, 5) is 0. The minimum Gasteiger partial charge on any atom is -0.396 e. The molecule has 0 spiro atoms. The van der Waals surface area contributed by atoms with Gasteiger partial charge in [-0.3, -0.25) is 0 Å². The van der Waals surface area contributed by atoms with Crippen LogP contribution in [-0.4, -0.2) is 16.3 Å². The highest BCUT2D eigenvalue weighted by atomic mass is 16.2. The summed E-state index contributed by atoms with van der Waals surface area (Å²) in [5, 5.41) is 8.62. The number of aliphatic hydroxyl groups excluding tert-OH is 1. The number of nitrogens with zero attached hydrogens (tertiary/aromatic N) is 1. The van der Waals surface area contributed by atoms with E-state index in [1.54, 1.807) is 0 Å². The Morgan fingerprint density at radius 3 is 2.92 bits per heavy atom. The van der Waals surface area contributed by atoms with Crippen molar-refractivity contribution in [1.82, 2.24) is 4.57 Å². The van der Waals surface area contributed by atoms with Crippen LogP contribution < -0.4 is 5.73 Å². The summed E-state index contributed by atoms with van der Waals surface area (Å²) in [7, 11) is 1.98. The summed E-state index contributed by atoms with van der Waals surface area (Å²) < 4.78 is 2.02. The van der Waals surface area contributed by atoms with E-state index in [4.69, 9.17) is 10.8 Å². The van der Waals surface area contributed by atoms with Crippen LogP contribution >= 0.6 is 0 Å². The van der Waals surface area contributed by atoms with E-state index in [0.29, 0.717) is 0 Å². The van der Waals surface area contributed by atoms with E-state index in [1.165, 1.54) is 0 Å². The molecule has 1 aromatic rings. The van der Waals surface area contributed by atoms with Gasteiger partial charge in [0.25, 0.3) is 0 Å². The van der Waals surface area contributed by atoms with E-state index < -0.39 is 0 Å². The molecule has 0 saturated heterocycles. The average Bonchev–Trinajstić information content (AvgIpc) is 2.47. The van der Waals surface area contributed by atoms with Gasteiger partial charge in [0, 0.05) is 31.6 Å². The molecule has 0 radical (unpaired) electrons. The monoisotopic (exact) mass is 168 g/mol. The molecule has 1 rings (SSSR count). The molecule has 1 heterocycles. The summed E-state index contributed by atoms with van der Waals surface area (Å²) >= 11 is 0. The van der Waals surface area contributed by atoms with Crippen LogP contribution in [0.3, 0.4) is 0 Å². The van der Waals surface area contributed by atoms with Crippen molar-refractivity contribution in [3.05, 3.63) is 24.0 Å². The molecular weight excluding hydrogens is 152 g/mol. The number of aliphatic hydroxyl groups is 1. The van der Waals surface area contributed by atoms with Crippen molar-refractivity contribution in [3.63, 3.8) is 0 Å². The number of rotatable bonds is 4. The van der Waals surface area contributed by atoms with Gasteiger partial charge in [0.05, 0.1) is 0 Å². The number of nitrogens with two attached hydrogens (primary N) is 1. The van der Waals surface area contributed by atoms with E-state index in [2.05, 4.69) is 0 Å². The maximum absolute atomic E-state index is 8.62. The van der Waals surface area contributed by atoms with Crippen LogP contribution in [0.15, 0.2) is 18.3 Å². The molecule has 3 heteroatoms. The van der Waals surface area contributed by atoms with E-state index in [0.717, 1.165) is 18.5 Å². The smallest absolute Gasteiger partial charge is 0.0450 e. The molecule has 0 aromatic carbocycles.